The van der Waals surface area contributed by atoms with Crippen molar-refractivity contribution in [2.45, 2.75) is 58.6 Å². The number of halogens is 2. The number of alkyl carbamates (subject to hydrolysis) is 1. The van der Waals surface area contributed by atoms with Gasteiger partial charge in [-0.3, -0.25) is 0 Å². The quantitative estimate of drug-likeness (QED) is 0.804. The lowest BCUT2D eigenvalue weighted by molar-refractivity contribution is -0.0695. The Labute approximate surface area is 107 Å². The van der Waals surface area contributed by atoms with Gasteiger partial charge in [0.15, 0.2) is 0 Å². The average molecular weight is 267 g/mol. The van der Waals surface area contributed by atoms with Gasteiger partial charge < -0.3 is 15.2 Å². The molecule has 0 aromatic rings. The fourth-order valence-electron chi connectivity index (χ4n) is 1.50. The van der Waals surface area contributed by atoms with E-state index in [0.29, 0.717) is 0 Å². The van der Waals surface area contributed by atoms with Crippen molar-refractivity contribution in [3.05, 3.63) is 0 Å². The first-order valence-corrected chi connectivity index (χ1v) is 5.98. The van der Waals surface area contributed by atoms with Crippen molar-refractivity contribution in [1.82, 2.24) is 5.32 Å². The van der Waals surface area contributed by atoms with E-state index in [4.69, 9.17) is 9.84 Å². The fourth-order valence-corrected chi connectivity index (χ4v) is 1.50. The van der Waals surface area contributed by atoms with Crippen molar-refractivity contribution in [3.8, 4) is 0 Å². The van der Waals surface area contributed by atoms with E-state index in [1.54, 1.807) is 34.6 Å². The molecule has 0 saturated heterocycles. The summed E-state index contributed by atoms with van der Waals surface area (Å²) in [5.41, 5.74) is -0.738. The first-order chi connectivity index (χ1) is 7.99. The molecule has 0 aliphatic rings. The van der Waals surface area contributed by atoms with Crippen molar-refractivity contribution in [1.29, 1.82) is 0 Å². The SMILES string of the molecule is CC(C)C(NC(=O)OC(C)(C)C)C(F)(F)CCO. The Morgan fingerprint density at radius 1 is 1.33 bits per heavy atom. The summed E-state index contributed by atoms with van der Waals surface area (Å²) in [7, 11) is 0. The summed E-state index contributed by atoms with van der Waals surface area (Å²) in [4.78, 5) is 11.5. The van der Waals surface area contributed by atoms with Gasteiger partial charge in [0.1, 0.15) is 5.60 Å². The van der Waals surface area contributed by atoms with Crippen LogP contribution in [0.3, 0.4) is 0 Å². The zero-order valence-corrected chi connectivity index (χ0v) is 11.6. The zero-order valence-electron chi connectivity index (χ0n) is 11.6. The minimum absolute atomic E-state index is 0.473. The third kappa shape index (κ3) is 6.14. The van der Waals surface area contributed by atoms with Gasteiger partial charge in [-0.15, -0.1) is 0 Å². The second-order valence-corrected chi connectivity index (χ2v) is 5.60. The number of aliphatic hydroxyl groups excluding tert-OH is 1. The Morgan fingerprint density at radius 2 is 1.83 bits per heavy atom. The maximum atomic E-state index is 13.7. The molecule has 0 radical (unpaired) electrons. The Morgan fingerprint density at radius 3 is 2.17 bits per heavy atom. The number of hydrogen-bond acceptors (Lipinski definition) is 3. The third-order valence-corrected chi connectivity index (χ3v) is 2.24. The molecule has 1 unspecified atom stereocenters. The van der Waals surface area contributed by atoms with Crippen molar-refractivity contribution < 1.29 is 23.4 Å². The van der Waals surface area contributed by atoms with E-state index in [9.17, 15) is 13.6 Å². The van der Waals surface area contributed by atoms with Crippen LogP contribution in [-0.2, 0) is 4.74 Å². The predicted molar refractivity (Wildman–Crippen MR) is 64.6 cm³/mol. The predicted octanol–water partition coefficient (Wildman–Crippen LogP) is 2.55. The summed E-state index contributed by atoms with van der Waals surface area (Å²) in [6, 6.07) is -1.36. The van der Waals surface area contributed by atoms with Crippen LogP contribution in [0.15, 0.2) is 0 Å². The fraction of sp³-hybridized carbons (Fsp3) is 0.917. The topological polar surface area (TPSA) is 58.6 Å². The molecule has 18 heavy (non-hydrogen) atoms. The minimum atomic E-state index is -3.17. The highest BCUT2D eigenvalue weighted by Gasteiger charge is 2.42. The van der Waals surface area contributed by atoms with Gasteiger partial charge in [0.05, 0.1) is 6.04 Å². The maximum absolute atomic E-state index is 13.7. The summed E-state index contributed by atoms with van der Waals surface area (Å²) < 4.78 is 32.4. The second-order valence-electron chi connectivity index (χ2n) is 5.60. The highest BCUT2D eigenvalue weighted by atomic mass is 19.3. The van der Waals surface area contributed by atoms with E-state index in [-0.39, 0.29) is 0 Å². The molecule has 0 aliphatic carbocycles. The summed E-state index contributed by atoms with van der Waals surface area (Å²) in [5, 5.41) is 10.8. The number of carbonyl (C=O) groups is 1. The van der Waals surface area contributed by atoms with Crippen LogP contribution in [0.5, 0.6) is 0 Å². The maximum Gasteiger partial charge on any atom is 0.408 e. The molecule has 0 saturated carbocycles. The number of carbonyl (C=O) groups excluding carboxylic acids is 1. The lowest BCUT2D eigenvalue weighted by atomic mass is 9.96. The van der Waals surface area contributed by atoms with Gasteiger partial charge >= 0.3 is 6.09 Å². The number of alkyl halides is 2. The monoisotopic (exact) mass is 267 g/mol. The van der Waals surface area contributed by atoms with Gasteiger partial charge in [-0.1, -0.05) is 13.8 Å². The van der Waals surface area contributed by atoms with Crippen LogP contribution in [0.25, 0.3) is 0 Å². The van der Waals surface area contributed by atoms with Crippen LogP contribution in [0.1, 0.15) is 41.0 Å². The Bertz CT molecular complexity index is 275. The molecule has 108 valence electrons. The summed E-state index contributed by atoms with van der Waals surface area (Å²) in [6.07, 6.45) is -1.56. The summed E-state index contributed by atoms with van der Waals surface area (Å²) in [5.74, 6) is -3.64. The number of ether oxygens (including phenoxy) is 1. The van der Waals surface area contributed by atoms with Gasteiger partial charge in [-0.05, 0) is 26.7 Å². The molecule has 4 nitrogen and oxygen atoms in total. The van der Waals surface area contributed by atoms with Gasteiger partial charge in [0.25, 0.3) is 5.92 Å². The van der Waals surface area contributed by atoms with Crippen LogP contribution in [0.4, 0.5) is 13.6 Å². The molecule has 0 aromatic carbocycles. The Balaban J connectivity index is 4.69. The number of amides is 1. The highest BCUT2D eigenvalue weighted by Crippen LogP contribution is 2.27. The number of hydrogen-bond donors (Lipinski definition) is 2. The van der Waals surface area contributed by atoms with Crippen molar-refractivity contribution >= 4 is 6.09 Å². The first-order valence-electron chi connectivity index (χ1n) is 5.98. The third-order valence-electron chi connectivity index (χ3n) is 2.24. The lowest BCUT2D eigenvalue weighted by Gasteiger charge is -2.31. The van der Waals surface area contributed by atoms with E-state index in [0.717, 1.165) is 0 Å². The minimum Gasteiger partial charge on any atom is -0.444 e. The standard InChI is InChI=1S/C12H23F2NO3/c1-8(2)9(12(13,14)6-7-16)15-10(17)18-11(3,4)5/h8-9,16H,6-7H2,1-5H3,(H,15,17). The van der Waals surface area contributed by atoms with E-state index in [1.807, 2.05) is 0 Å². The molecule has 0 fully saturated rings. The zero-order chi connectivity index (χ0) is 14.6. The number of nitrogens with one attached hydrogen (secondary N) is 1. The van der Waals surface area contributed by atoms with E-state index in [1.165, 1.54) is 0 Å². The Hall–Kier alpha value is -0.910. The number of aliphatic hydroxyl groups is 1. The van der Waals surface area contributed by atoms with E-state index < -0.39 is 42.6 Å². The molecule has 0 rings (SSSR count). The van der Waals surface area contributed by atoms with Gasteiger partial charge in [0, 0.05) is 13.0 Å². The van der Waals surface area contributed by atoms with Crippen molar-refractivity contribution in [3.63, 3.8) is 0 Å². The molecule has 0 bridgehead atoms. The van der Waals surface area contributed by atoms with Crippen LogP contribution in [0.2, 0.25) is 0 Å². The molecule has 0 heterocycles. The second kappa shape index (κ2) is 6.31. The molecule has 2 N–H and O–H groups in total. The molecule has 1 atom stereocenters. The number of rotatable bonds is 5. The van der Waals surface area contributed by atoms with E-state index >= 15 is 0 Å². The van der Waals surface area contributed by atoms with Gasteiger partial charge in [-0.2, -0.15) is 0 Å². The molecule has 0 aliphatic heterocycles. The molecule has 0 aromatic heterocycles. The van der Waals surface area contributed by atoms with Gasteiger partial charge in [-0.25, -0.2) is 13.6 Å². The average Bonchev–Trinajstić information content (AvgIpc) is 2.10. The molecule has 6 heteroatoms. The molecule has 1 amide bonds. The van der Waals surface area contributed by atoms with Gasteiger partial charge in [0.2, 0.25) is 0 Å². The molecule has 0 spiro atoms. The largest absolute Gasteiger partial charge is 0.444 e. The van der Waals surface area contributed by atoms with Crippen LogP contribution in [0, 0.1) is 5.92 Å². The van der Waals surface area contributed by atoms with Crippen LogP contribution < -0.4 is 5.32 Å². The van der Waals surface area contributed by atoms with E-state index in [2.05, 4.69) is 5.32 Å². The normalized spacial score (nSPS) is 14.5. The van der Waals surface area contributed by atoms with Crippen LogP contribution >= 0.6 is 0 Å². The summed E-state index contributed by atoms with van der Waals surface area (Å²) >= 11 is 0. The van der Waals surface area contributed by atoms with Crippen molar-refractivity contribution in [2.75, 3.05) is 6.61 Å². The summed E-state index contributed by atoms with van der Waals surface area (Å²) in [6.45, 7) is 7.49. The molecular weight excluding hydrogens is 244 g/mol. The van der Waals surface area contributed by atoms with Crippen LogP contribution in [-0.4, -0.2) is 35.4 Å². The Kier molecular flexibility index (Phi) is 5.99. The van der Waals surface area contributed by atoms with Crippen molar-refractivity contribution in [2.24, 2.45) is 5.92 Å². The lowest BCUT2D eigenvalue weighted by Crippen LogP contribution is -2.52. The first kappa shape index (κ1) is 17.1. The highest BCUT2D eigenvalue weighted by molar-refractivity contribution is 5.68. The molecular formula is C12H23F2NO3. The smallest absolute Gasteiger partial charge is 0.408 e.